The third kappa shape index (κ3) is 5.80. The first kappa shape index (κ1) is 19.8. The zero-order chi connectivity index (χ0) is 19.3. The van der Waals surface area contributed by atoms with Crippen LogP contribution in [0, 0.1) is 0 Å². The Morgan fingerprint density at radius 1 is 1.27 bits per heavy atom. The van der Waals surface area contributed by atoms with Gasteiger partial charge < -0.3 is 15.4 Å². The maximum Gasteiger partial charge on any atom is 0.441 e. The summed E-state index contributed by atoms with van der Waals surface area (Å²) < 4.78 is 36.4. The van der Waals surface area contributed by atoms with Crippen molar-refractivity contribution in [3.63, 3.8) is 0 Å². The molecule has 1 aromatic heterocycles. The molecule has 3 N–H and O–H groups in total. The molecule has 1 amide bonds. The summed E-state index contributed by atoms with van der Waals surface area (Å²) >= 11 is -0.355. The van der Waals surface area contributed by atoms with E-state index in [0.29, 0.717) is 10.9 Å². The van der Waals surface area contributed by atoms with Crippen molar-refractivity contribution in [1.82, 2.24) is 10.3 Å². The Labute approximate surface area is 149 Å². The highest BCUT2D eigenvalue weighted by Gasteiger charge is 2.29. The van der Waals surface area contributed by atoms with E-state index in [2.05, 4.69) is 10.3 Å². The average molecular weight is 388 g/mol. The van der Waals surface area contributed by atoms with Crippen LogP contribution in [-0.2, 0) is 16.0 Å². The normalized spacial score (nSPS) is 12.7. The van der Waals surface area contributed by atoms with Crippen LogP contribution in [0.25, 0.3) is 10.9 Å². The van der Waals surface area contributed by atoms with Gasteiger partial charge in [0.1, 0.15) is 6.04 Å². The molecule has 0 aliphatic heterocycles. The average Bonchev–Trinajstić information content (AvgIpc) is 2.53. The fraction of sp³-hybridized carbons (Fsp3) is 0.312. The number of benzene rings is 1. The minimum Gasteiger partial charge on any atom is -0.480 e. The van der Waals surface area contributed by atoms with E-state index >= 15 is 0 Å². The predicted octanol–water partition coefficient (Wildman–Crippen LogP) is 2.28. The van der Waals surface area contributed by atoms with Gasteiger partial charge in [0.15, 0.2) is 0 Å². The summed E-state index contributed by atoms with van der Waals surface area (Å²) in [5.74, 6) is -2.69. The molecule has 2 aromatic rings. The van der Waals surface area contributed by atoms with Crippen LogP contribution in [0.2, 0.25) is 0 Å². The number of thioether (sulfide) groups is 1. The molecule has 26 heavy (non-hydrogen) atoms. The van der Waals surface area contributed by atoms with Gasteiger partial charge in [0.25, 0.3) is 5.56 Å². The molecular weight excluding hydrogens is 373 g/mol. The monoisotopic (exact) mass is 388 g/mol. The Balaban J connectivity index is 2.02. The Morgan fingerprint density at radius 3 is 2.62 bits per heavy atom. The number of carbonyl (C=O) groups excluding carboxylic acids is 1. The first-order valence-electron chi connectivity index (χ1n) is 7.49. The van der Waals surface area contributed by atoms with E-state index in [-0.39, 0.29) is 30.2 Å². The Kier molecular flexibility index (Phi) is 6.30. The number of aromatic amines is 1. The van der Waals surface area contributed by atoms with E-state index in [1.807, 2.05) is 0 Å². The third-order valence-electron chi connectivity index (χ3n) is 3.49. The quantitative estimate of drug-likeness (QED) is 0.676. The summed E-state index contributed by atoms with van der Waals surface area (Å²) in [6, 6.07) is 6.98. The first-order valence-corrected chi connectivity index (χ1v) is 8.48. The van der Waals surface area contributed by atoms with E-state index in [0.717, 1.165) is 0 Å². The number of aromatic nitrogens is 1. The standard InChI is InChI=1S/C16H15F3N2O4S/c17-16(18,19)26-6-5-12(15(24)25)20-13(22)8-10-7-9-3-1-2-4-11(9)21-14(10)23/h1-4,7,12H,5-6,8H2,(H,20,22)(H,21,23)(H,24,25)/t12-/m0/s1. The third-order valence-corrected chi connectivity index (χ3v) is 4.25. The summed E-state index contributed by atoms with van der Waals surface area (Å²) in [5, 5.41) is 11.9. The smallest absolute Gasteiger partial charge is 0.441 e. The zero-order valence-corrected chi connectivity index (χ0v) is 14.1. The lowest BCUT2D eigenvalue weighted by molar-refractivity contribution is -0.141. The number of H-pyrrole nitrogens is 1. The molecule has 0 spiro atoms. The van der Waals surface area contributed by atoms with Gasteiger partial charge >= 0.3 is 11.5 Å². The van der Waals surface area contributed by atoms with Gasteiger partial charge in [0.2, 0.25) is 5.91 Å². The van der Waals surface area contributed by atoms with Crippen molar-refractivity contribution in [2.75, 3.05) is 5.75 Å². The van der Waals surface area contributed by atoms with Gasteiger partial charge in [0, 0.05) is 16.8 Å². The van der Waals surface area contributed by atoms with Gasteiger partial charge in [-0.3, -0.25) is 9.59 Å². The number of carboxylic acids is 1. The lowest BCUT2D eigenvalue weighted by Gasteiger charge is -2.15. The molecule has 140 valence electrons. The number of hydrogen-bond donors (Lipinski definition) is 3. The van der Waals surface area contributed by atoms with Crippen LogP contribution in [0.3, 0.4) is 0 Å². The van der Waals surface area contributed by atoms with Crippen molar-refractivity contribution >= 4 is 34.5 Å². The van der Waals surface area contributed by atoms with Gasteiger partial charge in [-0.1, -0.05) is 30.0 Å². The minimum absolute atomic E-state index is 0.134. The number of alkyl halides is 3. The van der Waals surface area contributed by atoms with Crippen molar-refractivity contribution in [3.05, 3.63) is 46.2 Å². The minimum atomic E-state index is -4.47. The molecule has 0 saturated heterocycles. The van der Waals surface area contributed by atoms with Crippen molar-refractivity contribution in [1.29, 1.82) is 0 Å². The van der Waals surface area contributed by atoms with Crippen LogP contribution in [0.4, 0.5) is 13.2 Å². The Hall–Kier alpha value is -2.49. The number of fused-ring (bicyclic) bond motifs is 1. The van der Waals surface area contributed by atoms with Crippen molar-refractivity contribution in [3.8, 4) is 0 Å². The second kappa shape index (κ2) is 8.26. The maximum atomic E-state index is 12.1. The fourth-order valence-corrected chi connectivity index (χ4v) is 2.88. The Bertz CT molecular complexity index is 866. The second-order valence-corrected chi connectivity index (χ2v) is 6.59. The molecule has 0 aliphatic rings. The van der Waals surface area contributed by atoms with E-state index in [1.165, 1.54) is 6.07 Å². The Morgan fingerprint density at radius 2 is 1.96 bits per heavy atom. The van der Waals surface area contributed by atoms with Crippen LogP contribution < -0.4 is 10.9 Å². The van der Waals surface area contributed by atoms with Gasteiger partial charge in [-0.15, -0.1) is 0 Å². The van der Waals surface area contributed by atoms with E-state index in [9.17, 15) is 27.6 Å². The number of nitrogens with one attached hydrogen (secondary N) is 2. The molecule has 0 aliphatic carbocycles. The number of hydrogen-bond acceptors (Lipinski definition) is 4. The number of carbonyl (C=O) groups is 2. The predicted molar refractivity (Wildman–Crippen MR) is 91.0 cm³/mol. The topological polar surface area (TPSA) is 99.3 Å². The molecule has 1 heterocycles. The van der Waals surface area contributed by atoms with Gasteiger partial charge in [-0.2, -0.15) is 13.2 Å². The highest BCUT2D eigenvalue weighted by molar-refractivity contribution is 8.00. The summed E-state index contributed by atoms with van der Waals surface area (Å²) in [6.45, 7) is 0. The highest BCUT2D eigenvalue weighted by atomic mass is 32.2. The number of aliphatic carboxylic acids is 1. The summed E-state index contributed by atoms with van der Waals surface area (Å²) in [7, 11) is 0. The molecular formula is C16H15F3N2O4S. The lowest BCUT2D eigenvalue weighted by atomic mass is 10.1. The van der Waals surface area contributed by atoms with Gasteiger partial charge in [-0.05, 0) is 23.9 Å². The molecule has 2 rings (SSSR count). The largest absolute Gasteiger partial charge is 0.480 e. The summed E-state index contributed by atoms with van der Waals surface area (Å²) in [5.41, 5.74) is -4.23. The number of carboxylic acid groups (broad SMARTS) is 1. The van der Waals surface area contributed by atoms with Crippen LogP contribution in [-0.4, -0.2) is 39.3 Å². The summed E-state index contributed by atoms with van der Waals surface area (Å²) in [4.78, 5) is 37.7. The van der Waals surface area contributed by atoms with Crippen LogP contribution in [0.15, 0.2) is 35.1 Å². The first-order chi connectivity index (χ1) is 12.2. The van der Waals surface area contributed by atoms with Crippen LogP contribution in [0.1, 0.15) is 12.0 Å². The van der Waals surface area contributed by atoms with Crippen molar-refractivity contribution in [2.45, 2.75) is 24.4 Å². The second-order valence-electron chi connectivity index (χ2n) is 5.43. The molecule has 10 heteroatoms. The van der Waals surface area contributed by atoms with Crippen LogP contribution in [0.5, 0.6) is 0 Å². The molecule has 0 fully saturated rings. The molecule has 1 atom stereocenters. The zero-order valence-electron chi connectivity index (χ0n) is 13.3. The number of halogens is 3. The SMILES string of the molecule is O=C(Cc1cc2ccccc2[nH]c1=O)N[C@@H](CCSC(F)(F)F)C(=O)O. The van der Waals surface area contributed by atoms with Gasteiger partial charge in [0.05, 0.1) is 6.42 Å². The molecule has 0 bridgehead atoms. The molecule has 6 nitrogen and oxygen atoms in total. The fourth-order valence-electron chi connectivity index (χ4n) is 2.29. The number of para-hydroxylation sites is 1. The lowest BCUT2D eigenvalue weighted by Crippen LogP contribution is -2.42. The molecule has 0 unspecified atom stereocenters. The maximum absolute atomic E-state index is 12.1. The van der Waals surface area contributed by atoms with E-state index < -0.39 is 34.7 Å². The number of pyridine rings is 1. The number of amides is 1. The summed E-state index contributed by atoms with van der Waals surface area (Å²) in [6.07, 6.45) is -0.768. The van der Waals surface area contributed by atoms with E-state index in [1.54, 1.807) is 24.3 Å². The molecule has 1 aromatic carbocycles. The van der Waals surface area contributed by atoms with Crippen LogP contribution >= 0.6 is 11.8 Å². The van der Waals surface area contributed by atoms with Crippen molar-refractivity contribution < 1.29 is 27.9 Å². The van der Waals surface area contributed by atoms with E-state index in [4.69, 9.17) is 5.11 Å². The van der Waals surface area contributed by atoms with Gasteiger partial charge in [-0.25, -0.2) is 4.79 Å². The highest BCUT2D eigenvalue weighted by Crippen LogP contribution is 2.30. The molecule has 0 saturated carbocycles. The molecule has 0 radical (unpaired) electrons. The van der Waals surface area contributed by atoms with Crippen molar-refractivity contribution in [2.24, 2.45) is 0 Å². The number of rotatable bonds is 7.